The standard InChI is InChI=1S/C15H20O4/c1-16-7-12-3-10-5-14-15(19-9-18-14)6-11(10)4-13(12)8-17-2/h5-6,12-13H,3-4,7-9H2,1-2H3. The van der Waals surface area contributed by atoms with Crippen molar-refractivity contribution in [3.05, 3.63) is 23.3 Å². The quantitative estimate of drug-likeness (QED) is 0.834. The molecule has 0 radical (unpaired) electrons. The van der Waals surface area contributed by atoms with E-state index >= 15 is 0 Å². The molecule has 0 amide bonds. The third kappa shape index (κ3) is 2.42. The molecule has 1 heterocycles. The third-order valence-electron chi connectivity index (χ3n) is 4.09. The summed E-state index contributed by atoms with van der Waals surface area (Å²) in [7, 11) is 3.53. The van der Waals surface area contributed by atoms with Crippen molar-refractivity contribution in [2.24, 2.45) is 11.8 Å². The van der Waals surface area contributed by atoms with Crippen LogP contribution in [0.1, 0.15) is 11.1 Å². The van der Waals surface area contributed by atoms with E-state index in [1.807, 2.05) is 0 Å². The Morgan fingerprint density at radius 3 is 1.84 bits per heavy atom. The first kappa shape index (κ1) is 12.8. The monoisotopic (exact) mass is 264 g/mol. The summed E-state index contributed by atoms with van der Waals surface area (Å²) in [5.41, 5.74) is 2.72. The van der Waals surface area contributed by atoms with E-state index < -0.39 is 0 Å². The molecule has 0 spiro atoms. The number of fused-ring (bicyclic) bond motifs is 2. The number of rotatable bonds is 4. The maximum atomic E-state index is 5.46. The first-order valence-electron chi connectivity index (χ1n) is 6.71. The summed E-state index contributed by atoms with van der Waals surface area (Å²) in [4.78, 5) is 0. The Labute approximate surface area is 113 Å². The molecule has 0 fully saturated rings. The van der Waals surface area contributed by atoms with Crippen LogP contribution < -0.4 is 9.47 Å². The predicted octanol–water partition coefficient (Wildman–Crippen LogP) is 2.04. The number of hydrogen-bond donors (Lipinski definition) is 0. The molecular formula is C15H20O4. The fourth-order valence-electron chi connectivity index (χ4n) is 3.12. The van der Waals surface area contributed by atoms with Gasteiger partial charge in [-0.1, -0.05) is 0 Å². The van der Waals surface area contributed by atoms with Gasteiger partial charge in [0.05, 0.1) is 0 Å². The number of benzene rings is 1. The average Bonchev–Trinajstić information content (AvgIpc) is 2.84. The summed E-state index contributed by atoms with van der Waals surface area (Å²) in [6.45, 7) is 1.89. The van der Waals surface area contributed by atoms with Crippen molar-refractivity contribution in [2.45, 2.75) is 12.8 Å². The van der Waals surface area contributed by atoms with Gasteiger partial charge in [0.1, 0.15) is 0 Å². The molecular weight excluding hydrogens is 244 g/mol. The van der Waals surface area contributed by atoms with Crippen LogP contribution in [0, 0.1) is 11.8 Å². The molecule has 104 valence electrons. The SMILES string of the molecule is COCC1Cc2cc3c(cc2CC1COC)OCO3. The van der Waals surface area contributed by atoms with Crippen LogP contribution in [0.15, 0.2) is 12.1 Å². The summed E-state index contributed by atoms with van der Waals surface area (Å²) in [5.74, 6) is 2.77. The summed E-state index contributed by atoms with van der Waals surface area (Å²) in [6, 6.07) is 4.26. The van der Waals surface area contributed by atoms with Crippen molar-refractivity contribution in [1.29, 1.82) is 0 Å². The van der Waals surface area contributed by atoms with Crippen LogP contribution in [0.5, 0.6) is 11.5 Å². The van der Waals surface area contributed by atoms with Gasteiger partial charge >= 0.3 is 0 Å². The van der Waals surface area contributed by atoms with Crippen LogP contribution in [0.3, 0.4) is 0 Å². The number of methoxy groups -OCH3 is 2. The lowest BCUT2D eigenvalue weighted by Crippen LogP contribution is -2.31. The number of hydrogen-bond acceptors (Lipinski definition) is 4. The highest BCUT2D eigenvalue weighted by Crippen LogP contribution is 2.40. The van der Waals surface area contributed by atoms with E-state index in [1.54, 1.807) is 14.2 Å². The molecule has 1 aliphatic heterocycles. The fraction of sp³-hybridized carbons (Fsp3) is 0.600. The highest BCUT2D eigenvalue weighted by Gasteiger charge is 2.30. The van der Waals surface area contributed by atoms with Gasteiger partial charge in [-0.25, -0.2) is 0 Å². The topological polar surface area (TPSA) is 36.9 Å². The molecule has 2 aliphatic rings. The molecule has 0 N–H and O–H groups in total. The average molecular weight is 264 g/mol. The molecule has 0 bridgehead atoms. The van der Waals surface area contributed by atoms with Gasteiger partial charge in [0.15, 0.2) is 11.5 Å². The first-order chi connectivity index (χ1) is 9.31. The zero-order valence-electron chi connectivity index (χ0n) is 11.5. The summed E-state index contributed by atoms with van der Waals surface area (Å²) in [6.07, 6.45) is 2.04. The van der Waals surface area contributed by atoms with Crippen molar-refractivity contribution in [3.63, 3.8) is 0 Å². The fourth-order valence-corrected chi connectivity index (χ4v) is 3.12. The van der Waals surface area contributed by atoms with Gasteiger partial charge in [-0.2, -0.15) is 0 Å². The first-order valence-corrected chi connectivity index (χ1v) is 6.71. The number of ether oxygens (including phenoxy) is 4. The normalized spacial score (nSPS) is 24.3. The molecule has 0 aromatic heterocycles. The largest absolute Gasteiger partial charge is 0.454 e. The summed E-state index contributed by atoms with van der Waals surface area (Å²) < 4.78 is 21.6. The summed E-state index contributed by atoms with van der Waals surface area (Å²) >= 11 is 0. The lowest BCUT2D eigenvalue weighted by atomic mass is 9.76. The third-order valence-corrected chi connectivity index (χ3v) is 4.09. The molecule has 2 atom stereocenters. The van der Waals surface area contributed by atoms with Crippen LogP contribution in [0.4, 0.5) is 0 Å². The van der Waals surface area contributed by atoms with Gasteiger partial charge < -0.3 is 18.9 Å². The molecule has 2 unspecified atom stereocenters. The second kappa shape index (κ2) is 5.39. The van der Waals surface area contributed by atoms with E-state index in [2.05, 4.69) is 12.1 Å². The van der Waals surface area contributed by atoms with Gasteiger partial charge in [-0.05, 0) is 47.9 Å². The van der Waals surface area contributed by atoms with Crippen LogP contribution >= 0.6 is 0 Å². The second-order valence-corrected chi connectivity index (χ2v) is 5.31. The molecule has 1 aliphatic carbocycles. The lowest BCUT2D eigenvalue weighted by molar-refractivity contribution is 0.0649. The van der Waals surface area contributed by atoms with Gasteiger partial charge in [0, 0.05) is 27.4 Å². The Balaban J connectivity index is 1.87. The predicted molar refractivity (Wildman–Crippen MR) is 70.7 cm³/mol. The Kier molecular flexibility index (Phi) is 3.62. The summed E-state index contributed by atoms with van der Waals surface area (Å²) in [5, 5.41) is 0. The van der Waals surface area contributed by atoms with Gasteiger partial charge in [0.25, 0.3) is 0 Å². The molecule has 1 aromatic rings. The van der Waals surface area contributed by atoms with Crippen LogP contribution in [-0.2, 0) is 22.3 Å². The van der Waals surface area contributed by atoms with Crippen LogP contribution in [-0.4, -0.2) is 34.2 Å². The van der Waals surface area contributed by atoms with Crippen LogP contribution in [0.2, 0.25) is 0 Å². The Morgan fingerprint density at radius 1 is 0.947 bits per heavy atom. The molecule has 4 heteroatoms. The van der Waals surface area contributed by atoms with Gasteiger partial charge in [-0.3, -0.25) is 0 Å². The maximum absolute atomic E-state index is 5.46. The van der Waals surface area contributed by atoms with E-state index in [1.165, 1.54) is 11.1 Å². The van der Waals surface area contributed by atoms with Crippen LogP contribution in [0.25, 0.3) is 0 Å². The molecule has 3 rings (SSSR count). The van der Waals surface area contributed by atoms with E-state index in [9.17, 15) is 0 Å². The van der Waals surface area contributed by atoms with E-state index in [0.717, 1.165) is 37.6 Å². The van der Waals surface area contributed by atoms with E-state index in [-0.39, 0.29) is 0 Å². The van der Waals surface area contributed by atoms with Crippen molar-refractivity contribution in [2.75, 3.05) is 34.2 Å². The smallest absolute Gasteiger partial charge is 0.231 e. The minimum Gasteiger partial charge on any atom is -0.454 e. The highest BCUT2D eigenvalue weighted by atomic mass is 16.7. The minimum atomic E-state index is 0.335. The van der Waals surface area contributed by atoms with Crippen molar-refractivity contribution in [1.82, 2.24) is 0 Å². The van der Waals surface area contributed by atoms with Crippen molar-refractivity contribution < 1.29 is 18.9 Å². The van der Waals surface area contributed by atoms with Crippen molar-refractivity contribution >= 4 is 0 Å². The molecule has 0 saturated heterocycles. The Morgan fingerprint density at radius 2 is 1.42 bits per heavy atom. The molecule has 0 saturated carbocycles. The maximum Gasteiger partial charge on any atom is 0.231 e. The molecule has 19 heavy (non-hydrogen) atoms. The molecule has 4 nitrogen and oxygen atoms in total. The molecule has 1 aromatic carbocycles. The minimum absolute atomic E-state index is 0.335. The van der Waals surface area contributed by atoms with E-state index in [4.69, 9.17) is 18.9 Å². The van der Waals surface area contributed by atoms with Crippen molar-refractivity contribution in [3.8, 4) is 11.5 Å². The lowest BCUT2D eigenvalue weighted by Gasteiger charge is -2.32. The van der Waals surface area contributed by atoms with Gasteiger partial charge in [0.2, 0.25) is 6.79 Å². The zero-order chi connectivity index (χ0) is 13.2. The van der Waals surface area contributed by atoms with Gasteiger partial charge in [-0.15, -0.1) is 0 Å². The zero-order valence-corrected chi connectivity index (χ0v) is 11.5. The highest BCUT2D eigenvalue weighted by molar-refractivity contribution is 5.49. The second-order valence-electron chi connectivity index (χ2n) is 5.31. The van der Waals surface area contributed by atoms with E-state index in [0.29, 0.717) is 18.6 Å². The Hall–Kier alpha value is -1.26. The Bertz CT molecular complexity index is 417.